The number of rotatable bonds is 9. The molecular formula is C21H35N3O3S. The number of hydrogen-bond acceptors (Lipinski definition) is 3. The van der Waals surface area contributed by atoms with Crippen LogP contribution in [-0.4, -0.2) is 49.1 Å². The van der Waals surface area contributed by atoms with Crippen LogP contribution in [0.4, 0.5) is 0 Å². The molecule has 0 bridgehead atoms. The van der Waals surface area contributed by atoms with Gasteiger partial charge in [0, 0.05) is 43.1 Å². The highest BCUT2D eigenvalue weighted by atomic mass is 32.2. The highest BCUT2D eigenvalue weighted by Gasteiger charge is 2.19. The first-order valence-electron chi connectivity index (χ1n) is 10.3. The van der Waals surface area contributed by atoms with Crippen molar-refractivity contribution in [2.75, 3.05) is 25.9 Å². The first kappa shape index (κ1) is 22.7. The van der Waals surface area contributed by atoms with Crippen molar-refractivity contribution >= 4 is 22.0 Å². The highest BCUT2D eigenvalue weighted by molar-refractivity contribution is 7.88. The van der Waals surface area contributed by atoms with Gasteiger partial charge in [0.2, 0.25) is 15.9 Å². The Bertz CT molecular complexity index is 790. The van der Waals surface area contributed by atoms with E-state index in [1.165, 1.54) is 54.1 Å². The lowest BCUT2D eigenvalue weighted by molar-refractivity contribution is -0.116. The summed E-state index contributed by atoms with van der Waals surface area (Å²) in [7, 11) is -3.17. The number of carbonyl (C=O) groups excluding carboxylic acids is 1. The molecule has 0 aliphatic heterocycles. The minimum absolute atomic E-state index is 0.148. The smallest absolute Gasteiger partial charge is 0.244 e. The molecule has 0 aromatic carbocycles. The van der Waals surface area contributed by atoms with E-state index in [2.05, 4.69) is 29.8 Å². The lowest BCUT2D eigenvalue weighted by atomic mass is 9.95. The molecule has 1 aliphatic carbocycles. The first-order valence-corrected chi connectivity index (χ1v) is 12.2. The quantitative estimate of drug-likeness (QED) is 0.502. The zero-order valence-corrected chi connectivity index (χ0v) is 18.5. The SMILES string of the molecule is CCN(CCCNC(=O)C=Cc1cc(C)n(C2CCCCC2)c1C)S(C)(=O)=O. The standard InChI is InChI=1S/C21H35N3O3S/c1-5-23(28(4,26)27)15-9-14-22-21(25)13-12-19-16-17(2)24(18(19)3)20-10-7-6-8-11-20/h12-13,16,20H,5-11,14-15H2,1-4H3,(H,22,25). The van der Waals surface area contributed by atoms with Gasteiger partial charge in [0.15, 0.2) is 0 Å². The molecule has 0 atom stereocenters. The second kappa shape index (κ2) is 10.3. The van der Waals surface area contributed by atoms with Gasteiger partial charge in [-0.05, 0) is 50.8 Å². The van der Waals surface area contributed by atoms with E-state index in [0.29, 0.717) is 32.1 Å². The molecule has 1 amide bonds. The number of aromatic nitrogens is 1. The average molecular weight is 410 g/mol. The van der Waals surface area contributed by atoms with Crippen LogP contribution in [0.3, 0.4) is 0 Å². The summed E-state index contributed by atoms with van der Waals surface area (Å²) in [6, 6.07) is 2.74. The van der Waals surface area contributed by atoms with Crippen molar-refractivity contribution in [2.24, 2.45) is 0 Å². The third-order valence-corrected chi connectivity index (χ3v) is 6.96. The predicted octanol–water partition coefficient (Wildman–Crippen LogP) is 3.41. The third-order valence-electron chi connectivity index (χ3n) is 5.58. The molecule has 0 unspecified atom stereocenters. The molecular weight excluding hydrogens is 374 g/mol. The Labute approximate surface area is 170 Å². The molecule has 6 nitrogen and oxygen atoms in total. The lowest BCUT2D eigenvalue weighted by Crippen LogP contribution is -2.33. The number of nitrogens with one attached hydrogen (secondary N) is 1. The molecule has 0 spiro atoms. The maximum Gasteiger partial charge on any atom is 0.244 e. The largest absolute Gasteiger partial charge is 0.353 e. The van der Waals surface area contributed by atoms with E-state index >= 15 is 0 Å². The van der Waals surface area contributed by atoms with E-state index in [1.54, 1.807) is 6.08 Å². The van der Waals surface area contributed by atoms with Crippen molar-refractivity contribution < 1.29 is 13.2 Å². The fraction of sp³-hybridized carbons (Fsp3) is 0.667. The maximum absolute atomic E-state index is 12.1. The Morgan fingerprint density at radius 3 is 2.57 bits per heavy atom. The monoisotopic (exact) mass is 409 g/mol. The van der Waals surface area contributed by atoms with Gasteiger partial charge in [-0.2, -0.15) is 0 Å². The number of hydrogen-bond donors (Lipinski definition) is 1. The molecule has 158 valence electrons. The second-order valence-corrected chi connectivity index (χ2v) is 9.70. The Kier molecular flexibility index (Phi) is 8.31. The Hall–Kier alpha value is -1.60. The van der Waals surface area contributed by atoms with Gasteiger partial charge >= 0.3 is 0 Å². The van der Waals surface area contributed by atoms with Crippen molar-refractivity contribution in [2.45, 2.75) is 65.3 Å². The van der Waals surface area contributed by atoms with Gasteiger partial charge in [0.05, 0.1) is 6.26 Å². The van der Waals surface area contributed by atoms with Gasteiger partial charge in [-0.1, -0.05) is 26.2 Å². The van der Waals surface area contributed by atoms with Gasteiger partial charge < -0.3 is 9.88 Å². The summed E-state index contributed by atoms with van der Waals surface area (Å²) in [5.41, 5.74) is 3.57. The molecule has 0 radical (unpaired) electrons. The minimum atomic E-state index is -3.17. The summed E-state index contributed by atoms with van der Waals surface area (Å²) >= 11 is 0. The summed E-state index contributed by atoms with van der Waals surface area (Å²) in [4.78, 5) is 12.1. The Morgan fingerprint density at radius 1 is 1.29 bits per heavy atom. The van der Waals surface area contributed by atoms with Crippen molar-refractivity contribution in [1.82, 2.24) is 14.2 Å². The lowest BCUT2D eigenvalue weighted by Gasteiger charge is -2.26. The average Bonchev–Trinajstić information content (AvgIpc) is 2.93. The number of nitrogens with zero attached hydrogens (tertiary/aromatic N) is 2. The van der Waals surface area contributed by atoms with E-state index in [4.69, 9.17) is 0 Å². The van der Waals surface area contributed by atoms with Crippen LogP contribution in [0.2, 0.25) is 0 Å². The zero-order valence-electron chi connectivity index (χ0n) is 17.7. The van der Waals surface area contributed by atoms with E-state index in [0.717, 1.165) is 5.56 Å². The van der Waals surface area contributed by atoms with E-state index < -0.39 is 10.0 Å². The maximum atomic E-state index is 12.1. The van der Waals surface area contributed by atoms with Crippen LogP contribution in [0.1, 0.15) is 68.4 Å². The Balaban J connectivity index is 1.87. The summed E-state index contributed by atoms with van der Waals surface area (Å²) in [6.45, 7) is 7.40. The molecule has 1 saturated carbocycles. The molecule has 1 aliphatic rings. The topological polar surface area (TPSA) is 71.4 Å². The van der Waals surface area contributed by atoms with Crippen molar-refractivity contribution in [3.05, 3.63) is 29.1 Å². The van der Waals surface area contributed by atoms with E-state index in [-0.39, 0.29) is 5.91 Å². The molecule has 0 saturated heterocycles. The molecule has 7 heteroatoms. The number of carbonyl (C=O) groups is 1. The van der Waals surface area contributed by atoms with Crippen molar-refractivity contribution in [3.8, 4) is 0 Å². The van der Waals surface area contributed by atoms with E-state index in [1.807, 2.05) is 13.0 Å². The second-order valence-electron chi connectivity index (χ2n) is 7.72. The zero-order chi connectivity index (χ0) is 20.7. The molecule has 28 heavy (non-hydrogen) atoms. The minimum Gasteiger partial charge on any atom is -0.353 e. The van der Waals surface area contributed by atoms with Gasteiger partial charge in [-0.25, -0.2) is 12.7 Å². The summed E-state index contributed by atoms with van der Waals surface area (Å²) < 4.78 is 26.9. The van der Waals surface area contributed by atoms with Crippen LogP contribution in [0.15, 0.2) is 12.1 Å². The summed E-state index contributed by atoms with van der Waals surface area (Å²) in [5, 5.41) is 2.83. The van der Waals surface area contributed by atoms with Crippen LogP contribution < -0.4 is 5.32 Å². The van der Waals surface area contributed by atoms with Gasteiger partial charge in [-0.3, -0.25) is 4.79 Å². The first-order chi connectivity index (χ1) is 13.2. The normalized spacial score (nSPS) is 16.2. The third kappa shape index (κ3) is 6.21. The molecule has 1 heterocycles. The van der Waals surface area contributed by atoms with E-state index in [9.17, 15) is 13.2 Å². The van der Waals surface area contributed by atoms with Gasteiger partial charge in [0.25, 0.3) is 0 Å². The van der Waals surface area contributed by atoms with Crippen molar-refractivity contribution in [3.63, 3.8) is 0 Å². The number of sulfonamides is 1. The molecule has 1 aromatic rings. The fourth-order valence-electron chi connectivity index (χ4n) is 4.12. The van der Waals surface area contributed by atoms with Gasteiger partial charge in [0.1, 0.15) is 0 Å². The molecule has 2 rings (SSSR count). The van der Waals surface area contributed by atoms with Gasteiger partial charge in [-0.15, -0.1) is 0 Å². The van der Waals surface area contributed by atoms with Crippen LogP contribution in [0.25, 0.3) is 6.08 Å². The van der Waals surface area contributed by atoms with Crippen LogP contribution in [0.5, 0.6) is 0 Å². The van der Waals surface area contributed by atoms with Crippen molar-refractivity contribution in [1.29, 1.82) is 0 Å². The molecule has 1 fully saturated rings. The number of amides is 1. The number of aryl methyl sites for hydroxylation is 1. The summed E-state index contributed by atoms with van der Waals surface area (Å²) in [6.07, 6.45) is 11.7. The molecule has 1 aromatic heterocycles. The predicted molar refractivity (Wildman–Crippen MR) is 115 cm³/mol. The Morgan fingerprint density at radius 2 is 1.96 bits per heavy atom. The van der Waals surface area contributed by atoms with Crippen LogP contribution in [-0.2, 0) is 14.8 Å². The van der Waals surface area contributed by atoms with Crippen LogP contribution in [0, 0.1) is 13.8 Å². The fourth-order valence-corrected chi connectivity index (χ4v) is 5.05. The highest BCUT2D eigenvalue weighted by Crippen LogP contribution is 2.32. The van der Waals surface area contributed by atoms with Crippen LogP contribution >= 0.6 is 0 Å². The summed E-state index contributed by atoms with van der Waals surface area (Å²) in [5.74, 6) is -0.148. The molecule has 1 N–H and O–H groups in total.